The number of rotatable bonds is 7. The zero-order chi connectivity index (χ0) is 13.9. The lowest BCUT2D eigenvalue weighted by atomic mass is 10.2. The van der Waals surface area contributed by atoms with Gasteiger partial charge >= 0.3 is 5.97 Å². The fourth-order valence-electron chi connectivity index (χ4n) is 1.46. The number of hydrogen-bond donors (Lipinski definition) is 0. The van der Waals surface area contributed by atoms with Crippen LogP contribution >= 0.6 is 0 Å². The Balaban J connectivity index is 2.52. The van der Waals surface area contributed by atoms with Gasteiger partial charge in [-0.05, 0) is 18.1 Å². The lowest BCUT2D eigenvalue weighted by molar-refractivity contribution is -0.139. The SMILES string of the molecule is C=C/C(=C\C=C/CCC)C(=O)OCc1ccccc1. The number of unbranched alkanes of at least 4 members (excludes halogenated alkanes) is 1. The molecule has 0 aliphatic carbocycles. The smallest absolute Gasteiger partial charge is 0.338 e. The van der Waals surface area contributed by atoms with Crippen LogP contribution in [0.25, 0.3) is 0 Å². The summed E-state index contributed by atoms with van der Waals surface area (Å²) in [6.07, 6.45) is 9.23. The molecule has 0 spiro atoms. The van der Waals surface area contributed by atoms with Crippen LogP contribution in [-0.2, 0) is 16.1 Å². The summed E-state index contributed by atoms with van der Waals surface area (Å²) in [5.41, 5.74) is 1.45. The Kier molecular flexibility index (Phi) is 7.03. The van der Waals surface area contributed by atoms with Gasteiger partial charge in [-0.1, -0.05) is 68.5 Å². The highest BCUT2D eigenvalue weighted by Gasteiger charge is 2.06. The van der Waals surface area contributed by atoms with E-state index < -0.39 is 0 Å². The molecule has 0 aliphatic rings. The van der Waals surface area contributed by atoms with Crippen LogP contribution in [0.5, 0.6) is 0 Å². The van der Waals surface area contributed by atoms with Gasteiger partial charge < -0.3 is 4.74 Å². The first kappa shape index (κ1) is 15.0. The minimum absolute atomic E-state index is 0.281. The standard InChI is InChI=1S/C17H20O2/c1-3-5-6-10-13-16(4-2)17(18)19-14-15-11-8-7-9-12-15/h4,6-13H,2-3,5,14H2,1H3/b10-6-,16-13+. The highest BCUT2D eigenvalue weighted by molar-refractivity contribution is 5.91. The Morgan fingerprint density at radius 2 is 2.05 bits per heavy atom. The molecule has 1 aromatic carbocycles. The molecule has 1 rings (SSSR count). The molecule has 0 atom stereocenters. The topological polar surface area (TPSA) is 26.3 Å². The van der Waals surface area contributed by atoms with Crippen molar-refractivity contribution >= 4 is 5.97 Å². The van der Waals surface area contributed by atoms with Crippen molar-refractivity contribution in [3.8, 4) is 0 Å². The lowest BCUT2D eigenvalue weighted by Gasteiger charge is -2.04. The molecule has 0 heterocycles. The fourth-order valence-corrected chi connectivity index (χ4v) is 1.46. The normalized spacial score (nSPS) is 11.5. The molecule has 0 bridgehead atoms. The van der Waals surface area contributed by atoms with Crippen LogP contribution in [0.3, 0.4) is 0 Å². The molecule has 0 aromatic heterocycles. The van der Waals surface area contributed by atoms with Gasteiger partial charge in [-0.25, -0.2) is 4.79 Å². The van der Waals surface area contributed by atoms with Gasteiger partial charge in [0.25, 0.3) is 0 Å². The molecule has 19 heavy (non-hydrogen) atoms. The van der Waals surface area contributed by atoms with Crippen molar-refractivity contribution in [1.82, 2.24) is 0 Å². The summed E-state index contributed by atoms with van der Waals surface area (Å²) in [7, 11) is 0. The Morgan fingerprint density at radius 3 is 2.68 bits per heavy atom. The molecule has 0 amide bonds. The molecule has 100 valence electrons. The summed E-state index contributed by atoms with van der Waals surface area (Å²) >= 11 is 0. The largest absolute Gasteiger partial charge is 0.457 e. The third-order valence-electron chi connectivity index (χ3n) is 2.54. The molecule has 0 saturated carbocycles. The van der Waals surface area contributed by atoms with Gasteiger partial charge in [0.15, 0.2) is 0 Å². The van der Waals surface area contributed by atoms with Gasteiger partial charge in [-0.3, -0.25) is 0 Å². The lowest BCUT2D eigenvalue weighted by Crippen LogP contribution is -2.06. The first-order valence-electron chi connectivity index (χ1n) is 6.48. The van der Waals surface area contributed by atoms with Crippen molar-refractivity contribution in [2.24, 2.45) is 0 Å². The maximum atomic E-state index is 11.8. The zero-order valence-electron chi connectivity index (χ0n) is 11.3. The Morgan fingerprint density at radius 1 is 1.32 bits per heavy atom. The molecule has 0 saturated heterocycles. The van der Waals surface area contributed by atoms with Crippen molar-refractivity contribution < 1.29 is 9.53 Å². The Labute approximate surface area is 115 Å². The van der Waals surface area contributed by atoms with Crippen molar-refractivity contribution in [2.75, 3.05) is 0 Å². The van der Waals surface area contributed by atoms with E-state index in [0.717, 1.165) is 18.4 Å². The molecule has 0 aliphatic heterocycles. The average Bonchev–Trinajstić information content (AvgIpc) is 2.46. The van der Waals surface area contributed by atoms with Crippen LogP contribution in [0.4, 0.5) is 0 Å². The van der Waals surface area contributed by atoms with Gasteiger partial charge in [0.05, 0.1) is 5.57 Å². The molecule has 0 radical (unpaired) electrons. The van der Waals surface area contributed by atoms with Crippen LogP contribution in [-0.4, -0.2) is 5.97 Å². The van der Waals surface area contributed by atoms with E-state index >= 15 is 0 Å². The Bertz CT molecular complexity index is 455. The number of ether oxygens (including phenoxy) is 1. The molecule has 0 unspecified atom stereocenters. The van der Waals surface area contributed by atoms with Gasteiger partial charge in [0.1, 0.15) is 6.61 Å². The molecule has 2 heteroatoms. The molecular weight excluding hydrogens is 236 g/mol. The number of esters is 1. The second-order valence-electron chi connectivity index (χ2n) is 4.10. The second kappa shape index (κ2) is 8.92. The summed E-state index contributed by atoms with van der Waals surface area (Å²) in [6, 6.07) is 9.61. The molecule has 2 nitrogen and oxygen atoms in total. The number of hydrogen-bond acceptors (Lipinski definition) is 2. The number of carbonyl (C=O) groups is 1. The van der Waals surface area contributed by atoms with Crippen LogP contribution < -0.4 is 0 Å². The summed E-state index contributed by atoms with van der Waals surface area (Å²) in [6.45, 7) is 6.02. The molecule has 0 N–H and O–H groups in total. The summed E-state index contributed by atoms with van der Waals surface area (Å²) < 4.78 is 5.23. The van der Waals surface area contributed by atoms with Gasteiger partial charge in [0, 0.05) is 0 Å². The van der Waals surface area contributed by atoms with E-state index in [2.05, 4.69) is 13.5 Å². The van der Waals surface area contributed by atoms with E-state index in [9.17, 15) is 4.79 Å². The van der Waals surface area contributed by atoms with Gasteiger partial charge in [-0.2, -0.15) is 0 Å². The number of allylic oxidation sites excluding steroid dienone is 3. The molecule has 1 aromatic rings. The predicted molar refractivity (Wildman–Crippen MR) is 78.6 cm³/mol. The highest BCUT2D eigenvalue weighted by Crippen LogP contribution is 2.06. The number of benzene rings is 1. The van der Waals surface area contributed by atoms with E-state index in [1.807, 2.05) is 42.5 Å². The predicted octanol–water partition coefficient (Wildman–Crippen LogP) is 4.20. The minimum Gasteiger partial charge on any atom is -0.457 e. The van der Waals surface area contributed by atoms with E-state index in [-0.39, 0.29) is 12.6 Å². The van der Waals surface area contributed by atoms with Gasteiger partial charge in [0.2, 0.25) is 0 Å². The third-order valence-corrected chi connectivity index (χ3v) is 2.54. The fraction of sp³-hybridized carbons (Fsp3) is 0.235. The summed E-state index contributed by atoms with van der Waals surface area (Å²) in [4.78, 5) is 11.8. The van der Waals surface area contributed by atoms with Crippen LogP contribution in [0.15, 0.2) is 66.8 Å². The quantitative estimate of drug-likeness (QED) is 0.415. The second-order valence-corrected chi connectivity index (χ2v) is 4.10. The summed E-state index contributed by atoms with van der Waals surface area (Å²) in [5, 5.41) is 0. The first-order chi connectivity index (χ1) is 9.27. The monoisotopic (exact) mass is 256 g/mol. The van der Waals surface area contributed by atoms with Crippen molar-refractivity contribution in [3.63, 3.8) is 0 Å². The molecule has 0 fully saturated rings. The third kappa shape index (κ3) is 5.87. The highest BCUT2D eigenvalue weighted by atomic mass is 16.5. The average molecular weight is 256 g/mol. The van der Waals surface area contributed by atoms with Crippen LogP contribution in [0, 0.1) is 0 Å². The van der Waals surface area contributed by atoms with Crippen molar-refractivity contribution in [1.29, 1.82) is 0 Å². The van der Waals surface area contributed by atoms with Crippen molar-refractivity contribution in [2.45, 2.75) is 26.4 Å². The minimum atomic E-state index is -0.347. The zero-order valence-corrected chi connectivity index (χ0v) is 11.3. The van der Waals surface area contributed by atoms with Crippen molar-refractivity contribution in [3.05, 3.63) is 72.4 Å². The van der Waals surface area contributed by atoms with Crippen LogP contribution in [0.1, 0.15) is 25.3 Å². The van der Waals surface area contributed by atoms with E-state index in [4.69, 9.17) is 4.74 Å². The maximum absolute atomic E-state index is 11.8. The number of carbonyl (C=O) groups excluding carboxylic acids is 1. The maximum Gasteiger partial charge on any atom is 0.338 e. The van der Waals surface area contributed by atoms with Crippen LogP contribution in [0.2, 0.25) is 0 Å². The Hall–Kier alpha value is -2.09. The first-order valence-corrected chi connectivity index (χ1v) is 6.48. The van der Waals surface area contributed by atoms with E-state index in [0.29, 0.717) is 5.57 Å². The van der Waals surface area contributed by atoms with E-state index in [1.165, 1.54) is 6.08 Å². The summed E-state index contributed by atoms with van der Waals surface area (Å²) in [5.74, 6) is -0.347. The van der Waals surface area contributed by atoms with E-state index in [1.54, 1.807) is 6.08 Å². The van der Waals surface area contributed by atoms with Gasteiger partial charge in [-0.15, -0.1) is 0 Å². The molecular formula is C17H20O2.